The number of nitrogens with one attached hydrogen (secondary N) is 1. The maximum atomic E-state index is 12.8. The number of hydrogen-bond donors (Lipinski definition) is 1. The third kappa shape index (κ3) is 5.67. The Morgan fingerprint density at radius 3 is 2.70 bits per heavy atom. The van der Waals surface area contributed by atoms with Gasteiger partial charge < -0.3 is 10.1 Å². The Labute approximate surface area is 137 Å². The van der Waals surface area contributed by atoms with Crippen molar-refractivity contribution in [2.75, 3.05) is 0 Å². The Balaban J connectivity index is 1.77. The quantitative estimate of drug-likeness (QED) is 0.653. The number of ether oxygens (including phenoxy) is 1. The summed E-state index contributed by atoms with van der Waals surface area (Å²) in [5.41, 5.74) is 1.66. The Morgan fingerprint density at radius 1 is 1.30 bits per heavy atom. The number of hydrogen-bond acceptors (Lipinski definition) is 4. The normalized spacial score (nSPS) is 12.1. The van der Waals surface area contributed by atoms with Gasteiger partial charge in [-0.25, -0.2) is 9.18 Å². The highest BCUT2D eigenvalue weighted by atomic mass is 32.1. The molecule has 0 fully saturated rings. The monoisotopic (exact) mass is 333 g/mol. The zero-order valence-electron chi connectivity index (χ0n) is 12.5. The van der Waals surface area contributed by atoms with E-state index in [4.69, 9.17) is 4.74 Å². The van der Waals surface area contributed by atoms with Crippen molar-refractivity contribution < 1.29 is 18.7 Å². The SMILES string of the molecule is C[C@H](OC(=O)/C=C/c1ccsc1)C(=O)NCc1ccc(F)cc1. The summed E-state index contributed by atoms with van der Waals surface area (Å²) < 4.78 is 17.8. The first-order chi connectivity index (χ1) is 11.0. The molecule has 0 radical (unpaired) electrons. The molecule has 1 N–H and O–H groups in total. The lowest BCUT2D eigenvalue weighted by Gasteiger charge is -2.12. The van der Waals surface area contributed by atoms with Gasteiger partial charge in [0.05, 0.1) is 0 Å². The molecular formula is C17H16FNO3S. The molecule has 0 aliphatic rings. The standard InChI is InChI=1S/C17H16FNO3S/c1-12(22-16(20)7-4-14-8-9-23-11-14)17(21)19-10-13-2-5-15(18)6-3-13/h2-9,11-12H,10H2,1H3,(H,19,21)/b7-4+/t12-/m0/s1. The summed E-state index contributed by atoms with van der Waals surface area (Å²) in [7, 11) is 0. The molecule has 23 heavy (non-hydrogen) atoms. The molecule has 6 heteroatoms. The van der Waals surface area contributed by atoms with Crippen molar-refractivity contribution in [1.29, 1.82) is 0 Å². The van der Waals surface area contributed by atoms with Crippen molar-refractivity contribution in [2.45, 2.75) is 19.6 Å². The van der Waals surface area contributed by atoms with Crippen LogP contribution in [0, 0.1) is 5.82 Å². The molecule has 120 valence electrons. The van der Waals surface area contributed by atoms with Gasteiger partial charge in [0.25, 0.3) is 5.91 Å². The van der Waals surface area contributed by atoms with Crippen LogP contribution >= 0.6 is 11.3 Å². The lowest BCUT2D eigenvalue weighted by Crippen LogP contribution is -2.35. The summed E-state index contributed by atoms with van der Waals surface area (Å²) in [6, 6.07) is 7.67. The van der Waals surface area contributed by atoms with Gasteiger partial charge in [-0.05, 0) is 53.1 Å². The lowest BCUT2D eigenvalue weighted by atomic mass is 10.2. The van der Waals surface area contributed by atoms with Gasteiger partial charge >= 0.3 is 5.97 Å². The number of benzene rings is 1. The predicted molar refractivity (Wildman–Crippen MR) is 87.2 cm³/mol. The van der Waals surface area contributed by atoms with E-state index in [0.717, 1.165) is 11.1 Å². The second-order valence-electron chi connectivity index (χ2n) is 4.81. The van der Waals surface area contributed by atoms with Gasteiger partial charge in [-0.1, -0.05) is 12.1 Å². The van der Waals surface area contributed by atoms with Gasteiger partial charge in [-0.15, -0.1) is 0 Å². The van der Waals surface area contributed by atoms with Gasteiger partial charge in [0.1, 0.15) is 5.82 Å². The number of thiophene rings is 1. The maximum absolute atomic E-state index is 12.8. The lowest BCUT2D eigenvalue weighted by molar-refractivity contribution is -0.150. The third-order valence-corrected chi connectivity index (χ3v) is 3.70. The van der Waals surface area contributed by atoms with Gasteiger partial charge in [-0.2, -0.15) is 11.3 Å². The van der Waals surface area contributed by atoms with E-state index in [-0.39, 0.29) is 12.4 Å². The van der Waals surface area contributed by atoms with Crippen LogP contribution in [0.4, 0.5) is 4.39 Å². The van der Waals surface area contributed by atoms with Crippen molar-refractivity contribution in [3.63, 3.8) is 0 Å². The van der Waals surface area contributed by atoms with Gasteiger partial charge in [-0.3, -0.25) is 4.79 Å². The fraction of sp³-hybridized carbons (Fsp3) is 0.176. The Kier molecular flexibility index (Phi) is 6.05. The molecule has 1 amide bonds. The maximum Gasteiger partial charge on any atom is 0.331 e. The van der Waals surface area contributed by atoms with Crippen LogP contribution in [0.1, 0.15) is 18.1 Å². The summed E-state index contributed by atoms with van der Waals surface area (Å²) >= 11 is 1.52. The van der Waals surface area contributed by atoms with Crippen molar-refractivity contribution in [2.24, 2.45) is 0 Å². The highest BCUT2D eigenvalue weighted by Gasteiger charge is 2.16. The summed E-state index contributed by atoms with van der Waals surface area (Å²) in [4.78, 5) is 23.5. The fourth-order valence-corrected chi connectivity index (χ4v) is 2.36. The van der Waals surface area contributed by atoms with Crippen molar-refractivity contribution in [3.05, 3.63) is 64.1 Å². The molecule has 2 aromatic rings. The zero-order valence-corrected chi connectivity index (χ0v) is 13.3. The smallest absolute Gasteiger partial charge is 0.331 e. The number of esters is 1. The van der Waals surface area contributed by atoms with Crippen LogP contribution in [0.25, 0.3) is 6.08 Å². The Hall–Kier alpha value is -2.47. The third-order valence-electron chi connectivity index (χ3n) is 3.00. The molecule has 0 aliphatic carbocycles. The summed E-state index contributed by atoms with van der Waals surface area (Å²) in [5.74, 6) is -1.33. The van der Waals surface area contributed by atoms with E-state index in [2.05, 4.69) is 5.32 Å². The van der Waals surface area contributed by atoms with Crippen LogP contribution in [0.5, 0.6) is 0 Å². The van der Waals surface area contributed by atoms with E-state index in [1.54, 1.807) is 18.2 Å². The van der Waals surface area contributed by atoms with Crippen molar-refractivity contribution in [3.8, 4) is 0 Å². The molecular weight excluding hydrogens is 317 g/mol. The first-order valence-corrected chi connectivity index (χ1v) is 7.92. The largest absolute Gasteiger partial charge is 0.449 e. The van der Waals surface area contributed by atoms with Gasteiger partial charge in [0.15, 0.2) is 6.10 Å². The molecule has 4 nitrogen and oxygen atoms in total. The van der Waals surface area contributed by atoms with Crippen LogP contribution in [-0.2, 0) is 20.9 Å². The van der Waals surface area contributed by atoms with Crippen LogP contribution in [0.15, 0.2) is 47.2 Å². The van der Waals surface area contributed by atoms with E-state index in [1.807, 2.05) is 16.8 Å². The van der Waals surface area contributed by atoms with Crippen LogP contribution in [0.2, 0.25) is 0 Å². The highest BCUT2D eigenvalue weighted by molar-refractivity contribution is 7.08. The summed E-state index contributed by atoms with van der Waals surface area (Å²) in [6.45, 7) is 1.74. The van der Waals surface area contributed by atoms with Gasteiger partial charge in [0.2, 0.25) is 0 Å². The average Bonchev–Trinajstić information content (AvgIpc) is 3.05. The van der Waals surface area contributed by atoms with E-state index in [9.17, 15) is 14.0 Å². The summed E-state index contributed by atoms with van der Waals surface area (Å²) in [5, 5.41) is 6.42. The van der Waals surface area contributed by atoms with Crippen LogP contribution < -0.4 is 5.32 Å². The molecule has 1 aromatic heterocycles. The van der Waals surface area contributed by atoms with E-state index >= 15 is 0 Å². The fourth-order valence-electron chi connectivity index (χ4n) is 1.74. The predicted octanol–water partition coefficient (Wildman–Crippen LogP) is 3.15. The average molecular weight is 333 g/mol. The molecule has 1 heterocycles. The van der Waals surface area contributed by atoms with E-state index < -0.39 is 18.0 Å². The van der Waals surface area contributed by atoms with Crippen LogP contribution in [-0.4, -0.2) is 18.0 Å². The molecule has 0 unspecified atom stereocenters. The molecule has 1 aromatic carbocycles. The molecule has 0 bridgehead atoms. The zero-order chi connectivity index (χ0) is 16.7. The highest BCUT2D eigenvalue weighted by Crippen LogP contribution is 2.08. The molecule has 0 saturated heterocycles. The summed E-state index contributed by atoms with van der Waals surface area (Å²) in [6.07, 6.45) is 2.00. The first kappa shape index (κ1) is 16.9. The van der Waals surface area contributed by atoms with Crippen molar-refractivity contribution >= 4 is 29.3 Å². The van der Waals surface area contributed by atoms with Crippen molar-refractivity contribution in [1.82, 2.24) is 5.32 Å². The molecule has 0 saturated carbocycles. The Bertz CT molecular complexity index is 680. The topological polar surface area (TPSA) is 55.4 Å². The van der Waals surface area contributed by atoms with E-state index in [1.165, 1.54) is 36.5 Å². The first-order valence-electron chi connectivity index (χ1n) is 6.97. The molecule has 1 atom stereocenters. The molecule has 0 spiro atoms. The minimum atomic E-state index is -0.907. The molecule has 0 aliphatic heterocycles. The number of rotatable bonds is 6. The Morgan fingerprint density at radius 2 is 2.04 bits per heavy atom. The molecule has 2 rings (SSSR count). The van der Waals surface area contributed by atoms with Gasteiger partial charge in [0, 0.05) is 12.6 Å². The van der Waals surface area contributed by atoms with Crippen LogP contribution in [0.3, 0.4) is 0 Å². The minimum Gasteiger partial charge on any atom is -0.449 e. The number of carbonyl (C=O) groups is 2. The number of halogens is 1. The second-order valence-corrected chi connectivity index (χ2v) is 5.59. The second kappa shape index (κ2) is 8.24. The minimum absolute atomic E-state index is 0.242. The van der Waals surface area contributed by atoms with E-state index in [0.29, 0.717) is 0 Å². The number of amides is 1. The number of carbonyl (C=O) groups excluding carboxylic acids is 2.